The van der Waals surface area contributed by atoms with Gasteiger partial charge in [0, 0.05) is 13.6 Å². The zero-order valence-electron chi connectivity index (χ0n) is 14.8. The van der Waals surface area contributed by atoms with E-state index in [4.69, 9.17) is 21.5 Å². The van der Waals surface area contributed by atoms with Crippen molar-refractivity contribution in [1.82, 2.24) is 4.90 Å². The van der Waals surface area contributed by atoms with Crippen molar-refractivity contribution in [2.24, 2.45) is 5.14 Å². The Morgan fingerprint density at radius 1 is 1.19 bits per heavy atom. The van der Waals surface area contributed by atoms with Crippen molar-refractivity contribution < 1.29 is 22.7 Å². The first kappa shape index (κ1) is 20.9. The molecule has 0 aliphatic heterocycles. The summed E-state index contributed by atoms with van der Waals surface area (Å²) in [6, 6.07) is 12.8. The van der Waals surface area contributed by atoms with Crippen LogP contribution in [0.4, 0.5) is 0 Å². The van der Waals surface area contributed by atoms with Gasteiger partial charge < -0.3 is 9.64 Å². The molecule has 0 saturated heterocycles. The fourth-order valence-corrected chi connectivity index (χ4v) is 3.09. The van der Waals surface area contributed by atoms with Crippen molar-refractivity contribution in [3.8, 4) is 0 Å². The zero-order valence-corrected chi connectivity index (χ0v) is 16.3. The number of amides is 1. The molecule has 27 heavy (non-hydrogen) atoms. The zero-order chi connectivity index (χ0) is 20.2. The van der Waals surface area contributed by atoms with Crippen LogP contribution in [0, 0.1) is 0 Å². The Bertz CT molecular complexity index is 947. The van der Waals surface area contributed by atoms with Crippen LogP contribution < -0.4 is 5.14 Å². The largest absolute Gasteiger partial charge is 0.449 e. The van der Waals surface area contributed by atoms with Crippen molar-refractivity contribution in [2.45, 2.75) is 24.5 Å². The fourth-order valence-electron chi connectivity index (χ4n) is 2.36. The van der Waals surface area contributed by atoms with Crippen LogP contribution in [0.3, 0.4) is 0 Å². The maximum absolute atomic E-state index is 12.4. The van der Waals surface area contributed by atoms with Gasteiger partial charge in [-0.05, 0) is 30.7 Å². The molecule has 1 amide bonds. The van der Waals surface area contributed by atoms with Gasteiger partial charge in [-0.25, -0.2) is 18.4 Å². The van der Waals surface area contributed by atoms with E-state index in [-0.39, 0.29) is 15.5 Å². The molecule has 0 saturated carbocycles. The average Bonchev–Trinajstić information content (AvgIpc) is 2.61. The highest BCUT2D eigenvalue weighted by Gasteiger charge is 2.24. The minimum absolute atomic E-state index is 0.00955. The number of likely N-dealkylation sites (N-methyl/N-ethyl adjacent to an activating group) is 1. The Labute approximate surface area is 162 Å². The highest BCUT2D eigenvalue weighted by atomic mass is 35.5. The summed E-state index contributed by atoms with van der Waals surface area (Å²) in [7, 11) is -2.42. The lowest BCUT2D eigenvalue weighted by Crippen LogP contribution is -2.37. The molecule has 7 nitrogen and oxygen atoms in total. The summed E-state index contributed by atoms with van der Waals surface area (Å²) in [5, 5.41) is 5.05. The van der Waals surface area contributed by atoms with Gasteiger partial charge in [0.05, 0.1) is 15.5 Å². The highest BCUT2D eigenvalue weighted by Crippen LogP contribution is 2.21. The standard InChI is InChI=1S/C18H19ClN2O5S/c1-12(17(22)21(2)11-13-6-4-3-5-7-13)26-18(23)15-10-14(27(20,24)25)8-9-16(15)19/h3-10,12H,11H2,1-2H3,(H2,20,24,25). The normalized spacial score (nSPS) is 12.3. The molecule has 0 aliphatic rings. The Hall–Kier alpha value is -2.42. The van der Waals surface area contributed by atoms with Crippen LogP contribution in [0.2, 0.25) is 5.02 Å². The number of esters is 1. The third-order valence-corrected chi connectivity index (χ3v) is 5.00. The van der Waals surface area contributed by atoms with Crippen molar-refractivity contribution in [2.75, 3.05) is 7.05 Å². The minimum atomic E-state index is -4.01. The van der Waals surface area contributed by atoms with E-state index in [1.807, 2.05) is 30.3 Å². The van der Waals surface area contributed by atoms with E-state index in [0.29, 0.717) is 6.54 Å². The van der Waals surface area contributed by atoms with Crippen LogP contribution >= 0.6 is 11.6 Å². The van der Waals surface area contributed by atoms with E-state index in [1.54, 1.807) is 7.05 Å². The molecule has 0 radical (unpaired) electrons. The summed E-state index contributed by atoms with van der Waals surface area (Å²) in [4.78, 5) is 25.9. The summed E-state index contributed by atoms with van der Waals surface area (Å²) in [6.07, 6.45) is -1.08. The van der Waals surface area contributed by atoms with Crippen molar-refractivity contribution in [3.05, 3.63) is 64.7 Å². The molecule has 0 aromatic heterocycles. The number of hydrogen-bond donors (Lipinski definition) is 1. The predicted octanol–water partition coefficient (Wildman–Crippen LogP) is 2.19. The summed E-state index contributed by atoms with van der Waals surface area (Å²) in [6.45, 7) is 1.78. The van der Waals surface area contributed by atoms with Crippen LogP contribution in [0.25, 0.3) is 0 Å². The SMILES string of the molecule is CC(OC(=O)c1cc(S(N)(=O)=O)ccc1Cl)C(=O)N(C)Cc1ccccc1. The molecule has 0 spiro atoms. The van der Waals surface area contributed by atoms with Crippen molar-refractivity contribution in [1.29, 1.82) is 0 Å². The molecule has 1 atom stereocenters. The molecule has 2 rings (SSSR count). The summed E-state index contributed by atoms with van der Waals surface area (Å²) in [5.41, 5.74) is 0.740. The van der Waals surface area contributed by atoms with Crippen LogP contribution in [0.15, 0.2) is 53.4 Å². The van der Waals surface area contributed by atoms with E-state index < -0.39 is 28.0 Å². The fraction of sp³-hybridized carbons (Fsp3) is 0.222. The van der Waals surface area contributed by atoms with Gasteiger partial charge in [-0.15, -0.1) is 0 Å². The van der Waals surface area contributed by atoms with E-state index in [9.17, 15) is 18.0 Å². The molecule has 1 unspecified atom stereocenters. The van der Waals surface area contributed by atoms with E-state index in [0.717, 1.165) is 11.6 Å². The van der Waals surface area contributed by atoms with Crippen LogP contribution in [-0.4, -0.2) is 38.3 Å². The quantitative estimate of drug-likeness (QED) is 0.734. The highest BCUT2D eigenvalue weighted by molar-refractivity contribution is 7.89. The Kier molecular flexibility index (Phi) is 6.59. The maximum atomic E-state index is 12.4. The second-order valence-corrected chi connectivity index (χ2v) is 7.88. The number of halogens is 1. The first-order chi connectivity index (χ1) is 12.6. The lowest BCUT2D eigenvalue weighted by atomic mass is 10.2. The molecule has 0 aliphatic carbocycles. The molecule has 2 aromatic carbocycles. The molecular weight excluding hydrogens is 392 g/mol. The van der Waals surface area contributed by atoms with Gasteiger partial charge >= 0.3 is 5.97 Å². The molecule has 2 aromatic rings. The van der Waals surface area contributed by atoms with Gasteiger partial charge in [0.2, 0.25) is 10.0 Å². The lowest BCUT2D eigenvalue weighted by Gasteiger charge is -2.21. The second kappa shape index (κ2) is 8.51. The minimum Gasteiger partial charge on any atom is -0.449 e. The topological polar surface area (TPSA) is 107 Å². The summed E-state index contributed by atoms with van der Waals surface area (Å²) in [5.74, 6) is -1.33. The number of nitrogens with zero attached hydrogens (tertiary/aromatic N) is 1. The lowest BCUT2D eigenvalue weighted by molar-refractivity contribution is -0.139. The number of primary sulfonamides is 1. The number of carbonyl (C=O) groups excluding carboxylic acids is 2. The van der Waals surface area contributed by atoms with E-state index >= 15 is 0 Å². The van der Waals surface area contributed by atoms with Crippen LogP contribution in [-0.2, 0) is 26.1 Å². The van der Waals surface area contributed by atoms with E-state index in [2.05, 4.69) is 0 Å². The molecule has 2 N–H and O–H groups in total. The third-order valence-electron chi connectivity index (χ3n) is 3.76. The number of rotatable bonds is 6. The molecule has 9 heteroatoms. The number of ether oxygens (including phenoxy) is 1. The third kappa shape index (κ3) is 5.53. The van der Waals surface area contributed by atoms with Gasteiger partial charge in [-0.3, -0.25) is 4.79 Å². The van der Waals surface area contributed by atoms with Crippen molar-refractivity contribution in [3.63, 3.8) is 0 Å². The number of nitrogens with two attached hydrogens (primary N) is 1. The Morgan fingerprint density at radius 3 is 2.41 bits per heavy atom. The van der Waals surface area contributed by atoms with Gasteiger partial charge in [-0.1, -0.05) is 41.9 Å². The first-order valence-electron chi connectivity index (χ1n) is 7.92. The van der Waals surface area contributed by atoms with Crippen LogP contribution in [0.1, 0.15) is 22.8 Å². The average molecular weight is 411 g/mol. The molecule has 0 bridgehead atoms. The van der Waals surface area contributed by atoms with Gasteiger partial charge in [0.15, 0.2) is 6.10 Å². The molecule has 0 heterocycles. The smallest absolute Gasteiger partial charge is 0.340 e. The van der Waals surface area contributed by atoms with E-state index in [1.165, 1.54) is 24.0 Å². The Morgan fingerprint density at radius 2 is 1.81 bits per heavy atom. The van der Waals surface area contributed by atoms with Crippen LogP contribution in [0.5, 0.6) is 0 Å². The number of hydrogen-bond acceptors (Lipinski definition) is 5. The summed E-state index contributed by atoms with van der Waals surface area (Å²) >= 11 is 5.94. The predicted molar refractivity (Wildman–Crippen MR) is 101 cm³/mol. The first-order valence-corrected chi connectivity index (χ1v) is 9.84. The number of sulfonamides is 1. The monoisotopic (exact) mass is 410 g/mol. The summed E-state index contributed by atoms with van der Waals surface area (Å²) < 4.78 is 28.0. The van der Waals surface area contributed by atoms with Crippen molar-refractivity contribution >= 4 is 33.5 Å². The number of carbonyl (C=O) groups is 2. The Balaban J connectivity index is 2.09. The molecular formula is C18H19ClN2O5S. The second-order valence-electron chi connectivity index (χ2n) is 5.91. The molecule has 0 fully saturated rings. The van der Waals surface area contributed by atoms with Gasteiger partial charge in [-0.2, -0.15) is 0 Å². The number of benzene rings is 2. The maximum Gasteiger partial charge on any atom is 0.340 e. The molecule has 144 valence electrons. The van der Waals surface area contributed by atoms with Gasteiger partial charge in [0.1, 0.15) is 0 Å². The van der Waals surface area contributed by atoms with Gasteiger partial charge in [0.25, 0.3) is 5.91 Å².